The predicted octanol–water partition coefficient (Wildman–Crippen LogP) is 8.20. The van der Waals surface area contributed by atoms with Crippen molar-refractivity contribution >= 4 is 5.57 Å². The first-order valence-corrected chi connectivity index (χ1v) is 10.5. The first-order valence-electron chi connectivity index (χ1n) is 10.5. The largest absolute Gasteiger partial charge is 0.206 e. The van der Waals surface area contributed by atoms with E-state index in [1.165, 1.54) is 0 Å². The van der Waals surface area contributed by atoms with Crippen molar-refractivity contribution in [3.05, 3.63) is 89.3 Å². The molecule has 0 aromatic heterocycles. The molecule has 0 radical (unpaired) electrons. The third kappa shape index (κ3) is 3.94. The van der Waals surface area contributed by atoms with Gasteiger partial charge >= 0.3 is 0 Å². The average molecular weight is 406 g/mol. The molecule has 1 aliphatic carbocycles. The molecule has 3 heteroatoms. The molecule has 1 atom stereocenters. The fourth-order valence-electron chi connectivity index (χ4n) is 4.09. The van der Waals surface area contributed by atoms with Gasteiger partial charge in [-0.05, 0) is 65.5 Å². The number of allylic oxidation sites excluding steroid dienone is 2. The van der Waals surface area contributed by atoms with Gasteiger partial charge in [-0.2, -0.15) is 0 Å². The highest BCUT2D eigenvalue weighted by molar-refractivity contribution is 5.74. The van der Waals surface area contributed by atoms with Gasteiger partial charge in [0, 0.05) is 11.1 Å². The molecule has 0 spiro atoms. The summed E-state index contributed by atoms with van der Waals surface area (Å²) in [5, 5.41) is 0. The Morgan fingerprint density at radius 2 is 1.47 bits per heavy atom. The maximum atomic E-state index is 14.8. The number of hydrogen-bond acceptors (Lipinski definition) is 0. The van der Waals surface area contributed by atoms with Gasteiger partial charge in [0.15, 0.2) is 11.6 Å². The number of rotatable bonds is 4. The maximum absolute atomic E-state index is 14.8. The molecule has 0 bridgehead atoms. The van der Waals surface area contributed by atoms with Gasteiger partial charge in [0.05, 0.1) is 0 Å². The van der Waals surface area contributed by atoms with Gasteiger partial charge in [0.1, 0.15) is 5.82 Å². The summed E-state index contributed by atoms with van der Waals surface area (Å²) >= 11 is 0. The Kier molecular flexibility index (Phi) is 5.80. The van der Waals surface area contributed by atoms with Gasteiger partial charge in [0.25, 0.3) is 0 Å². The molecule has 1 unspecified atom stereocenters. The summed E-state index contributed by atoms with van der Waals surface area (Å²) in [4.78, 5) is 0. The summed E-state index contributed by atoms with van der Waals surface area (Å²) in [6, 6.07) is 15.7. The molecule has 0 heterocycles. The van der Waals surface area contributed by atoms with Crippen molar-refractivity contribution in [2.75, 3.05) is 0 Å². The number of halogens is 3. The lowest BCUT2D eigenvalue weighted by atomic mass is 9.87. The molecule has 3 aromatic rings. The van der Waals surface area contributed by atoms with Crippen LogP contribution in [0.2, 0.25) is 0 Å². The Hall–Kier alpha value is -2.81. The quantitative estimate of drug-likeness (QED) is 0.409. The van der Waals surface area contributed by atoms with Crippen molar-refractivity contribution in [2.24, 2.45) is 5.92 Å². The second-order valence-electron chi connectivity index (χ2n) is 8.13. The van der Waals surface area contributed by atoms with Crippen LogP contribution in [0.4, 0.5) is 13.2 Å². The van der Waals surface area contributed by atoms with Gasteiger partial charge < -0.3 is 0 Å². The molecule has 1 aliphatic rings. The SMILES string of the molecule is CCc1ccc(-c2ccc(-c3ccc(C4=CCC(C)CC4)c(F)c3)cc2)c(F)c1F. The van der Waals surface area contributed by atoms with Gasteiger partial charge in [-0.1, -0.05) is 68.5 Å². The summed E-state index contributed by atoms with van der Waals surface area (Å²) in [6.07, 6.45) is 5.59. The lowest BCUT2D eigenvalue weighted by Gasteiger charge is -2.19. The summed E-state index contributed by atoms with van der Waals surface area (Å²) in [5.41, 5.74) is 4.55. The van der Waals surface area contributed by atoms with E-state index in [0.29, 0.717) is 29.0 Å². The van der Waals surface area contributed by atoms with Crippen LogP contribution >= 0.6 is 0 Å². The molecule has 0 amide bonds. The third-order valence-electron chi connectivity index (χ3n) is 6.06. The molecular weight excluding hydrogens is 381 g/mol. The van der Waals surface area contributed by atoms with E-state index in [1.807, 2.05) is 24.3 Å². The first kappa shape index (κ1) is 20.5. The van der Waals surface area contributed by atoms with Crippen molar-refractivity contribution in [2.45, 2.75) is 39.5 Å². The molecule has 0 fully saturated rings. The highest BCUT2D eigenvalue weighted by atomic mass is 19.2. The van der Waals surface area contributed by atoms with E-state index in [4.69, 9.17) is 0 Å². The standard InChI is InChI=1S/C27H25F3/c1-3-18-12-15-24(27(30)26(18)29)21-10-8-19(9-11-21)22-13-14-23(25(28)16-22)20-6-4-17(2)5-7-20/h6,8-17H,3-5,7H2,1-2H3. The number of hydrogen-bond donors (Lipinski definition) is 0. The first-order chi connectivity index (χ1) is 14.5. The van der Waals surface area contributed by atoms with Gasteiger partial charge in [-0.15, -0.1) is 0 Å². The van der Waals surface area contributed by atoms with E-state index in [0.717, 1.165) is 36.0 Å². The maximum Gasteiger partial charge on any atom is 0.166 e. The van der Waals surface area contributed by atoms with Crippen LogP contribution in [-0.2, 0) is 6.42 Å². The minimum absolute atomic E-state index is 0.222. The molecular formula is C27H25F3. The average Bonchev–Trinajstić information content (AvgIpc) is 2.76. The zero-order valence-corrected chi connectivity index (χ0v) is 17.3. The van der Waals surface area contributed by atoms with Gasteiger partial charge in [0.2, 0.25) is 0 Å². The van der Waals surface area contributed by atoms with Crippen molar-refractivity contribution in [3.8, 4) is 22.3 Å². The van der Waals surface area contributed by atoms with E-state index in [-0.39, 0.29) is 11.4 Å². The highest BCUT2D eigenvalue weighted by Crippen LogP contribution is 2.34. The molecule has 4 rings (SSSR count). The van der Waals surface area contributed by atoms with Crippen LogP contribution in [0.5, 0.6) is 0 Å². The molecule has 3 aromatic carbocycles. The van der Waals surface area contributed by atoms with Gasteiger partial charge in [-0.25, -0.2) is 13.2 Å². The molecule has 30 heavy (non-hydrogen) atoms. The smallest absolute Gasteiger partial charge is 0.166 e. The highest BCUT2D eigenvalue weighted by Gasteiger charge is 2.16. The van der Waals surface area contributed by atoms with Crippen LogP contribution in [0.3, 0.4) is 0 Å². The molecule has 0 N–H and O–H groups in total. The number of aryl methyl sites for hydroxylation is 1. The van der Waals surface area contributed by atoms with Crippen LogP contribution < -0.4 is 0 Å². The topological polar surface area (TPSA) is 0 Å². The molecule has 0 nitrogen and oxygen atoms in total. The summed E-state index contributed by atoms with van der Waals surface area (Å²) in [7, 11) is 0. The van der Waals surface area contributed by atoms with Crippen LogP contribution in [0, 0.1) is 23.4 Å². The second-order valence-corrected chi connectivity index (χ2v) is 8.13. The molecule has 0 aliphatic heterocycles. The minimum atomic E-state index is -0.826. The fraction of sp³-hybridized carbons (Fsp3) is 0.259. The zero-order valence-electron chi connectivity index (χ0n) is 17.3. The lowest BCUT2D eigenvalue weighted by molar-refractivity contribution is 0.502. The predicted molar refractivity (Wildman–Crippen MR) is 118 cm³/mol. The molecule has 154 valence electrons. The van der Waals surface area contributed by atoms with E-state index in [2.05, 4.69) is 13.0 Å². The Morgan fingerprint density at radius 1 is 0.800 bits per heavy atom. The van der Waals surface area contributed by atoms with Crippen molar-refractivity contribution in [1.29, 1.82) is 0 Å². The van der Waals surface area contributed by atoms with Crippen molar-refractivity contribution in [3.63, 3.8) is 0 Å². The van der Waals surface area contributed by atoms with E-state index >= 15 is 0 Å². The number of benzene rings is 3. The second kappa shape index (κ2) is 8.51. The lowest BCUT2D eigenvalue weighted by Crippen LogP contribution is -2.02. The van der Waals surface area contributed by atoms with Gasteiger partial charge in [-0.3, -0.25) is 0 Å². The fourth-order valence-corrected chi connectivity index (χ4v) is 4.09. The zero-order chi connectivity index (χ0) is 21.3. The molecule has 0 saturated carbocycles. The minimum Gasteiger partial charge on any atom is -0.206 e. The summed E-state index contributed by atoms with van der Waals surface area (Å²) in [5.74, 6) is -1.18. The van der Waals surface area contributed by atoms with Crippen molar-refractivity contribution < 1.29 is 13.2 Å². The Labute approximate surface area is 176 Å². The third-order valence-corrected chi connectivity index (χ3v) is 6.06. The van der Waals surface area contributed by atoms with Crippen LogP contribution in [0.25, 0.3) is 27.8 Å². The van der Waals surface area contributed by atoms with E-state index in [1.54, 1.807) is 37.3 Å². The van der Waals surface area contributed by atoms with E-state index in [9.17, 15) is 13.2 Å². The Morgan fingerprint density at radius 3 is 2.10 bits per heavy atom. The monoisotopic (exact) mass is 406 g/mol. The van der Waals surface area contributed by atoms with Crippen LogP contribution in [-0.4, -0.2) is 0 Å². The molecule has 0 saturated heterocycles. The van der Waals surface area contributed by atoms with E-state index < -0.39 is 11.6 Å². The van der Waals surface area contributed by atoms with Crippen LogP contribution in [0.15, 0.2) is 60.7 Å². The summed E-state index contributed by atoms with van der Waals surface area (Å²) in [6.45, 7) is 4.01. The van der Waals surface area contributed by atoms with Crippen molar-refractivity contribution in [1.82, 2.24) is 0 Å². The Balaban J connectivity index is 1.61. The summed E-state index contributed by atoms with van der Waals surface area (Å²) < 4.78 is 43.4. The Bertz CT molecular complexity index is 1090. The normalized spacial score (nSPS) is 16.4. The van der Waals surface area contributed by atoms with Crippen LogP contribution in [0.1, 0.15) is 44.2 Å².